The Morgan fingerprint density at radius 3 is 2.68 bits per heavy atom. The van der Waals surface area contributed by atoms with Gasteiger partial charge in [-0.15, -0.1) is 13.2 Å². The van der Waals surface area contributed by atoms with Gasteiger partial charge >= 0.3 is 6.36 Å². The molecule has 0 spiro atoms. The molecule has 1 atom stereocenters. The van der Waals surface area contributed by atoms with Crippen molar-refractivity contribution >= 4 is 11.8 Å². The maximum Gasteiger partial charge on any atom is 0.522 e. The van der Waals surface area contributed by atoms with Crippen molar-refractivity contribution in [2.24, 2.45) is 0 Å². The predicted molar refractivity (Wildman–Crippen MR) is 60.0 cm³/mol. The Balaban J connectivity index is 2.55. The number of ether oxygens (including phenoxy) is 1. The zero-order chi connectivity index (χ0) is 14.5. The van der Waals surface area contributed by atoms with Gasteiger partial charge in [-0.05, 0) is 6.42 Å². The quantitative estimate of drug-likeness (QED) is 0.819. The molecule has 1 unspecified atom stereocenters. The standard InChI is InChI=1S/C11H17F3N2O3/c1-2-3-8-10(18)16(5-4-9(17)15-8)6-7-19-11(12,13)14/h8H,2-7H2,1H3,(H,15,17). The van der Waals surface area contributed by atoms with Gasteiger partial charge in [0.25, 0.3) is 0 Å². The molecule has 0 bridgehead atoms. The molecular weight excluding hydrogens is 265 g/mol. The van der Waals surface area contributed by atoms with E-state index in [0.717, 1.165) is 0 Å². The van der Waals surface area contributed by atoms with Crippen LogP contribution >= 0.6 is 0 Å². The third-order valence-corrected chi connectivity index (χ3v) is 2.76. The number of nitrogens with zero attached hydrogens (tertiary/aromatic N) is 1. The molecule has 1 fully saturated rings. The summed E-state index contributed by atoms with van der Waals surface area (Å²) in [5.41, 5.74) is 0. The van der Waals surface area contributed by atoms with E-state index in [9.17, 15) is 22.8 Å². The van der Waals surface area contributed by atoms with Gasteiger partial charge in [-0.1, -0.05) is 13.3 Å². The van der Waals surface area contributed by atoms with Crippen LogP contribution in [0.5, 0.6) is 0 Å². The monoisotopic (exact) mass is 282 g/mol. The molecule has 0 aromatic heterocycles. The number of carbonyl (C=O) groups is 2. The van der Waals surface area contributed by atoms with Crippen molar-refractivity contribution in [3.05, 3.63) is 0 Å². The van der Waals surface area contributed by atoms with Crippen LogP contribution < -0.4 is 5.32 Å². The first-order chi connectivity index (χ1) is 8.83. The molecule has 0 aromatic rings. The van der Waals surface area contributed by atoms with Crippen LogP contribution in [0.1, 0.15) is 26.2 Å². The summed E-state index contributed by atoms with van der Waals surface area (Å²) in [5, 5.41) is 2.57. The zero-order valence-corrected chi connectivity index (χ0v) is 10.6. The van der Waals surface area contributed by atoms with Crippen LogP contribution in [0.15, 0.2) is 0 Å². The van der Waals surface area contributed by atoms with Crippen LogP contribution in [0, 0.1) is 0 Å². The van der Waals surface area contributed by atoms with Crippen molar-refractivity contribution in [3.8, 4) is 0 Å². The van der Waals surface area contributed by atoms with Crippen molar-refractivity contribution in [2.45, 2.75) is 38.6 Å². The minimum absolute atomic E-state index is 0.0952. The van der Waals surface area contributed by atoms with Gasteiger partial charge in [0.2, 0.25) is 11.8 Å². The topological polar surface area (TPSA) is 58.6 Å². The Kier molecular flexibility index (Phi) is 5.59. The molecule has 1 N–H and O–H groups in total. The smallest absolute Gasteiger partial charge is 0.344 e. The molecule has 1 aliphatic heterocycles. The summed E-state index contributed by atoms with van der Waals surface area (Å²) in [6.45, 7) is 1.18. The number of nitrogens with one attached hydrogen (secondary N) is 1. The van der Waals surface area contributed by atoms with Gasteiger partial charge in [-0.3, -0.25) is 14.3 Å². The Morgan fingerprint density at radius 2 is 2.11 bits per heavy atom. The van der Waals surface area contributed by atoms with Crippen molar-refractivity contribution in [1.29, 1.82) is 0 Å². The first-order valence-electron chi connectivity index (χ1n) is 6.12. The summed E-state index contributed by atoms with van der Waals surface area (Å²) in [6, 6.07) is -0.647. The number of halogens is 3. The summed E-state index contributed by atoms with van der Waals surface area (Å²) < 4.78 is 39.2. The van der Waals surface area contributed by atoms with Crippen molar-refractivity contribution in [3.63, 3.8) is 0 Å². The summed E-state index contributed by atoms with van der Waals surface area (Å²) in [6.07, 6.45) is -3.44. The van der Waals surface area contributed by atoms with Gasteiger partial charge in [0.1, 0.15) is 6.04 Å². The molecule has 8 heteroatoms. The van der Waals surface area contributed by atoms with Gasteiger partial charge in [0.05, 0.1) is 6.61 Å². The van der Waals surface area contributed by atoms with Crippen LogP contribution in [-0.4, -0.2) is 48.8 Å². The second-order valence-corrected chi connectivity index (χ2v) is 4.28. The number of hydrogen-bond donors (Lipinski definition) is 1. The molecule has 110 valence electrons. The third kappa shape index (κ3) is 5.46. The van der Waals surface area contributed by atoms with Gasteiger partial charge in [0.15, 0.2) is 0 Å². The molecule has 0 radical (unpaired) electrons. The number of amides is 2. The molecule has 0 saturated carbocycles. The van der Waals surface area contributed by atoms with E-state index in [0.29, 0.717) is 12.8 Å². The molecule has 2 amide bonds. The normalized spacial score (nSPS) is 21.3. The fourth-order valence-electron chi connectivity index (χ4n) is 1.87. The summed E-state index contributed by atoms with van der Waals surface area (Å²) in [4.78, 5) is 24.6. The molecule has 5 nitrogen and oxygen atoms in total. The first-order valence-corrected chi connectivity index (χ1v) is 6.12. The maximum absolute atomic E-state index is 12.0. The van der Waals surface area contributed by atoms with E-state index in [4.69, 9.17) is 0 Å². The Hall–Kier alpha value is -1.31. The van der Waals surface area contributed by atoms with E-state index in [2.05, 4.69) is 10.1 Å². The highest BCUT2D eigenvalue weighted by atomic mass is 19.4. The Labute approximate surface area is 109 Å². The fraction of sp³-hybridized carbons (Fsp3) is 0.818. The van der Waals surface area contributed by atoms with Crippen molar-refractivity contribution < 1.29 is 27.5 Å². The largest absolute Gasteiger partial charge is 0.522 e. The molecule has 1 aliphatic rings. The minimum Gasteiger partial charge on any atom is -0.344 e. The molecule has 0 aromatic carbocycles. The Morgan fingerprint density at radius 1 is 1.42 bits per heavy atom. The lowest BCUT2D eigenvalue weighted by molar-refractivity contribution is -0.324. The van der Waals surface area contributed by atoms with Crippen LogP contribution in [0.3, 0.4) is 0 Å². The molecular formula is C11H17F3N2O3. The van der Waals surface area contributed by atoms with E-state index < -0.39 is 19.0 Å². The third-order valence-electron chi connectivity index (χ3n) is 2.76. The lowest BCUT2D eigenvalue weighted by atomic mass is 10.1. The highest BCUT2D eigenvalue weighted by molar-refractivity contribution is 5.89. The summed E-state index contributed by atoms with van der Waals surface area (Å²) in [5.74, 6) is -0.607. The van der Waals surface area contributed by atoms with E-state index in [-0.39, 0.29) is 31.3 Å². The fourth-order valence-corrected chi connectivity index (χ4v) is 1.87. The molecule has 1 heterocycles. The highest BCUT2D eigenvalue weighted by Gasteiger charge is 2.32. The second kappa shape index (κ2) is 6.74. The predicted octanol–water partition coefficient (Wildman–Crippen LogP) is 1.04. The van der Waals surface area contributed by atoms with E-state index in [1.54, 1.807) is 0 Å². The van der Waals surface area contributed by atoms with E-state index >= 15 is 0 Å². The van der Waals surface area contributed by atoms with Gasteiger partial charge < -0.3 is 10.2 Å². The molecule has 1 saturated heterocycles. The SMILES string of the molecule is CCCC1NC(=O)CCN(CCOC(F)(F)F)C1=O. The molecule has 0 aliphatic carbocycles. The Bertz CT molecular complexity index is 334. The van der Waals surface area contributed by atoms with Gasteiger partial charge in [0, 0.05) is 19.5 Å². The lowest BCUT2D eigenvalue weighted by Crippen LogP contribution is -2.45. The number of alkyl halides is 3. The number of rotatable bonds is 5. The van der Waals surface area contributed by atoms with Crippen LogP contribution in [-0.2, 0) is 14.3 Å². The van der Waals surface area contributed by atoms with Crippen LogP contribution in [0.2, 0.25) is 0 Å². The number of carbonyl (C=O) groups excluding carboxylic acids is 2. The van der Waals surface area contributed by atoms with Crippen molar-refractivity contribution in [1.82, 2.24) is 10.2 Å². The summed E-state index contributed by atoms with van der Waals surface area (Å²) >= 11 is 0. The van der Waals surface area contributed by atoms with Gasteiger partial charge in [-0.25, -0.2) is 0 Å². The highest BCUT2D eigenvalue weighted by Crippen LogP contribution is 2.16. The average Bonchev–Trinajstić information content (AvgIpc) is 2.41. The second-order valence-electron chi connectivity index (χ2n) is 4.28. The van der Waals surface area contributed by atoms with Crippen LogP contribution in [0.25, 0.3) is 0 Å². The lowest BCUT2D eigenvalue weighted by Gasteiger charge is -2.23. The van der Waals surface area contributed by atoms with Gasteiger partial charge in [-0.2, -0.15) is 0 Å². The minimum atomic E-state index is -4.70. The van der Waals surface area contributed by atoms with Crippen LogP contribution in [0.4, 0.5) is 13.2 Å². The summed E-state index contributed by atoms with van der Waals surface area (Å²) in [7, 11) is 0. The zero-order valence-electron chi connectivity index (χ0n) is 10.6. The van der Waals surface area contributed by atoms with Crippen molar-refractivity contribution in [2.75, 3.05) is 19.7 Å². The number of hydrogen-bond acceptors (Lipinski definition) is 3. The average molecular weight is 282 g/mol. The maximum atomic E-state index is 12.0. The molecule has 1 rings (SSSR count). The van der Waals surface area contributed by atoms with E-state index in [1.807, 2.05) is 6.92 Å². The van der Waals surface area contributed by atoms with E-state index in [1.165, 1.54) is 4.90 Å². The molecule has 19 heavy (non-hydrogen) atoms. The first kappa shape index (κ1) is 15.7.